The smallest absolute Gasteiger partial charge is 0.326 e. The molecule has 1 aromatic heterocycles. The Hall–Kier alpha value is -1.82. The van der Waals surface area contributed by atoms with Gasteiger partial charge in [0.05, 0.1) is 6.61 Å². The van der Waals surface area contributed by atoms with Gasteiger partial charge in [-0.15, -0.1) is 0 Å². The summed E-state index contributed by atoms with van der Waals surface area (Å²) >= 11 is 13.6. The van der Waals surface area contributed by atoms with Crippen LogP contribution < -0.4 is 4.31 Å². The predicted molar refractivity (Wildman–Crippen MR) is 105 cm³/mol. The zero-order valence-electron chi connectivity index (χ0n) is 13.5. The van der Waals surface area contributed by atoms with Crippen LogP contribution in [0.15, 0.2) is 53.6 Å². The molecule has 2 aromatic carbocycles. The van der Waals surface area contributed by atoms with Gasteiger partial charge in [-0.3, -0.25) is 4.79 Å². The van der Waals surface area contributed by atoms with Crippen molar-refractivity contribution in [2.75, 3.05) is 17.5 Å². The van der Waals surface area contributed by atoms with Gasteiger partial charge in [0.2, 0.25) is 0 Å². The van der Waals surface area contributed by atoms with Gasteiger partial charge in [0.15, 0.2) is 0 Å². The number of aromatic amines is 1. The number of nitrogens with one attached hydrogen (secondary N) is 1. The molecule has 0 radical (unpaired) electrons. The Morgan fingerprint density at radius 3 is 2.64 bits per heavy atom. The first-order valence-corrected chi connectivity index (χ1v) is 9.22. The Balaban J connectivity index is 1.91. The number of carbonyl (C=O) groups is 1. The van der Waals surface area contributed by atoms with Crippen LogP contribution in [0.4, 0.5) is 5.69 Å². The Kier molecular flexibility index (Phi) is 5.78. The molecule has 7 heteroatoms. The Morgan fingerprint density at radius 2 is 1.92 bits per heavy atom. The second-order valence-electron chi connectivity index (χ2n) is 5.29. The fourth-order valence-electron chi connectivity index (χ4n) is 2.40. The number of anilines is 1. The number of rotatable bonds is 6. The monoisotopic (exact) mass is 394 g/mol. The molecule has 1 N–H and O–H groups in total. The van der Waals surface area contributed by atoms with Crippen LogP contribution in [0.3, 0.4) is 0 Å². The standard InChI is InChI=1S/C18H16Cl2N2O2S/c1-2-24-18(23)11-22(25-16-9-13(19)8-14(20)10-16)15-3-4-17-12(7-15)5-6-21-17/h3-10,21H,2,11H2,1H3. The van der Waals surface area contributed by atoms with Crippen molar-refractivity contribution in [3.63, 3.8) is 0 Å². The molecule has 0 aliphatic rings. The summed E-state index contributed by atoms with van der Waals surface area (Å²) in [7, 11) is 0. The molecule has 25 heavy (non-hydrogen) atoms. The molecule has 3 aromatic rings. The first-order valence-electron chi connectivity index (χ1n) is 7.69. The topological polar surface area (TPSA) is 45.3 Å². The lowest BCUT2D eigenvalue weighted by atomic mass is 10.2. The van der Waals surface area contributed by atoms with E-state index < -0.39 is 0 Å². The van der Waals surface area contributed by atoms with Gasteiger partial charge in [0, 0.05) is 37.7 Å². The molecule has 0 spiro atoms. The third-order valence-corrected chi connectivity index (χ3v) is 4.90. The van der Waals surface area contributed by atoms with Gasteiger partial charge in [0.1, 0.15) is 6.54 Å². The van der Waals surface area contributed by atoms with E-state index in [4.69, 9.17) is 27.9 Å². The number of esters is 1. The van der Waals surface area contributed by atoms with E-state index in [9.17, 15) is 4.79 Å². The zero-order chi connectivity index (χ0) is 17.8. The summed E-state index contributed by atoms with van der Waals surface area (Å²) in [5.74, 6) is -0.294. The lowest BCUT2D eigenvalue weighted by Crippen LogP contribution is -2.25. The Bertz CT molecular complexity index is 877. The van der Waals surface area contributed by atoms with E-state index >= 15 is 0 Å². The molecular weight excluding hydrogens is 379 g/mol. The Labute approximate surface area is 160 Å². The summed E-state index contributed by atoms with van der Waals surface area (Å²) in [5, 5.41) is 2.16. The highest BCUT2D eigenvalue weighted by atomic mass is 35.5. The summed E-state index contributed by atoms with van der Waals surface area (Å²) in [4.78, 5) is 16.0. The van der Waals surface area contributed by atoms with Gasteiger partial charge < -0.3 is 14.0 Å². The van der Waals surface area contributed by atoms with Crippen molar-refractivity contribution >= 4 is 57.7 Å². The van der Waals surface area contributed by atoms with Crippen LogP contribution in [-0.2, 0) is 9.53 Å². The number of hydrogen-bond donors (Lipinski definition) is 1. The van der Waals surface area contributed by atoms with E-state index in [1.807, 2.05) is 46.9 Å². The first kappa shape index (κ1) is 18.0. The number of aromatic nitrogens is 1. The number of nitrogens with zero attached hydrogens (tertiary/aromatic N) is 1. The van der Waals surface area contributed by atoms with Crippen LogP contribution in [0, 0.1) is 0 Å². The maximum Gasteiger partial charge on any atom is 0.326 e. The molecule has 3 rings (SSSR count). The second-order valence-corrected chi connectivity index (χ2v) is 7.25. The van der Waals surface area contributed by atoms with E-state index in [0.717, 1.165) is 21.5 Å². The van der Waals surface area contributed by atoms with Crippen LogP contribution in [0.1, 0.15) is 6.92 Å². The summed E-state index contributed by atoms with van der Waals surface area (Å²) in [6.45, 7) is 2.24. The molecule has 130 valence electrons. The normalized spacial score (nSPS) is 10.8. The highest BCUT2D eigenvalue weighted by molar-refractivity contribution is 8.00. The second kappa shape index (κ2) is 8.04. The summed E-state index contributed by atoms with van der Waals surface area (Å²) in [5.41, 5.74) is 1.93. The molecule has 0 fully saturated rings. The maximum absolute atomic E-state index is 12.0. The van der Waals surface area contributed by atoms with Gasteiger partial charge in [-0.05, 0) is 61.3 Å². The first-order chi connectivity index (χ1) is 12.0. The van der Waals surface area contributed by atoms with Gasteiger partial charge in [0.25, 0.3) is 0 Å². The fraction of sp³-hybridized carbons (Fsp3) is 0.167. The molecular formula is C18H16Cl2N2O2S. The molecule has 1 heterocycles. The third kappa shape index (κ3) is 4.63. The van der Waals surface area contributed by atoms with Gasteiger partial charge in [-0.2, -0.15) is 0 Å². The van der Waals surface area contributed by atoms with Crippen molar-refractivity contribution in [1.29, 1.82) is 0 Å². The molecule has 0 aliphatic carbocycles. The highest BCUT2D eigenvalue weighted by Gasteiger charge is 2.16. The van der Waals surface area contributed by atoms with E-state index in [2.05, 4.69) is 4.98 Å². The number of benzene rings is 2. The van der Waals surface area contributed by atoms with Crippen molar-refractivity contribution in [2.24, 2.45) is 0 Å². The quantitative estimate of drug-likeness (QED) is 0.439. The van der Waals surface area contributed by atoms with Crippen LogP contribution in [-0.4, -0.2) is 24.1 Å². The van der Waals surface area contributed by atoms with E-state index in [0.29, 0.717) is 16.7 Å². The molecule has 0 bridgehead atoms. The van der Waals surface area contributed by atoms with Crippen LogP contribution in [0.5, 0.6) is 0 Å². The number of hydrogen-bond acceptors (Lipinski definition) is 4. The minimum Gasteiger partial charge on any atom is -0.465 e. The van der Waals surface area contributed by atoms with Crippen molar-refractivity contribution in [1.82, 2.24) is 4.98 Å². The Morgan fingerprint density at radius 1 is 1.16 bits per heavy atom. The molecule has 0 atom stereocenters. The van der Waals surface area contributed by atoms with E-state index in [1.165, 1.54) is 11.9 Å². The van der Waals surface area contributed by atoms with Crippen LogP contribution >= 0.6 is 35.1 Å². The van der Waals surface area contributed by atoms with Gasteiger partial charge >= 0.3 is 5.97 Å². The van der Waals surface area contributed by atoms with Crippen molar-refractivity contribution in [2.45, 2.75) is 11.8 Å². The maximum atomic E-state index is 12.0. The van der Waals surface area contributed by atoms with Gasteiger partial charge in [-0.1, -0.05) is 23.2 Å². The minimum absolute atomic E-state index is 0.110. The van der Waals surface area contributed by atoms with Crippen LogP contribution in [0.25, 0.3) is 10.9 Å². The summed E-state index contributed by atoms with van der Waals surface area (Å²) in [6.07, 6.45) is 1.88. The lowest BCUT2D eigenvalue weighted by molar-refractivity contribution is -0.141. The molecule has 0 saturated carbocycles. The van der Waals surface area contributed by atoms with Crippen molar-refractivity contribution in [3.05, 3.63) is 58.7 Å². The van der Waals surface area contributed by atoms with Crippen LogP contribution in [0.2, 0.25) is 10.0 Å². The predicted octanol–water partition coefficient (Wildman–Crippen LogP) is 5.55. The third-order valence-electron chi connectivity index (χ3n) is 3.45. The lowest BCUT2D eigenvalue weighted by Gasteiger charge is -2.22. The summed E-state index contributed by atoms with van der Waals surface area (Å²) in [6, 6.07) is 13.2. The number of halogens is 2. The number of ether oxygens (including phenoxy) is 1. The molecule has 0 amide bonds. The highest BCUT2D eigenvalue weighted by Crippen LogP contribution is 2.33. The SMILES string of the molecule is CCOC(=O)CN(Sc1cc(Cl)cc(Cl)c1)c1ccc2[nH]ccc2c1. The average molecular weight is 395 g/mol. The molecule has 0 unspecified atom stereocenters. The number of fused-ring (bicyclic) bond motifs is 1. The zero-order valence-corrected chi connectivity index (χ0v) is 15.8. The van der Waals surface area contributed by atoms with Crippen molar-refractivity contribution < 1.29 is 9.53 Å². The molecule has 4 nitrogen and oxygen atoms in total. The van der Waals surface area contributed by atoms with Crippen molar-refractivity contribution in [3.8, 4) is 0 Å². The van der Waals surface area contributed by atoms with E-state index in [-0.39, 0.29) is 12.5 Å². The number of H-pyrrole nitrogens is 1. The molecule has 0 aliphatic heterocycles. The fourth-order valence-corrected chi connectivity index (χ4v) is 4.06. The average Bonchev–Trinajstić information content (AvgIpc) is 3.01. The van der Waals surface area contributed by atoms with Gasteiger partial charge in [-0.25, -0.2) is 0 Å². The minimum atomic E-state index is -0.294. The largest absolute Gasteiger partial charge is 0.465 e. The number of carbonyl (C=O) groups excluding carboxylic acids is 1. The van der Waals surface area contributed by atoms with E-state index in [1.54, 1.807) is 13.0 Å². The summed E-state index contributed by atoms with van der Waals surface area (Å²) < 4.78 is 6.97. The molecule has 0 saturated heterocycles.